The van der Waals surface area contributed by atoms with E-state index in [9.17, 15) is 14.7 Å². The lowest BCUT2D eigenvalue weighted by Gasteiger charge is -2.13. The van der Waals surface area contributed by atoms with Crippen molar-refractivity contribution in [1.82, 2.24) is 5.32 Å². The molecule has 110 valence electrons. The minimum atomic E-state index is -1.13. The first-order valence-electron chi connectivity index (χ1n) is 6.72. The molecule has 0 aliphatic carbocycles. The number of hydrogen-bond donors (Lipinski definition) is 2. The van der Waals surface area contributed by atoms with Crippen LogP contribution in [0.3, 0.4) is 0 Å². The maximum Gasteiger partial charge on any atom is 0.330 e. The summed E-state index contributed by atoms with van der Waals surface area (Å²) < 4.78 is 5.44. The number of carboxylic acid groups (broad SMARTS) is 1. The van der Waals surface area contributed by atoms with Gasteiger partial charge in [0.2, 0.25) is 0 Å². The third-order valence-electron chi connectivity index (χ3n) is 3.30. The van der Waals surface area contributed by atoms with E-state index in [1.165, 1.54) is 0 Å². The van der Waals surface area contributed by atoms with Gasteiger partial charge >= 0.3 is 5.97 Å². The van der Waals surface area contributed by atoms with Crippen LogP contribution in [0, 0.1) is 0 Å². The fourth-order valence-corrected chi connectivity index (χ4v) is 2.23. The number of benzene rings is 2. The third-order valence-corrected chi connectivity index (χ3v) is 3.30. The average Bonchev–Trinajstić information content (AvgIpc) is 2.97. The van der Waals surface area contributed by atoms with E-state index in [1.807, 2.05) is 12.1 Å². The Hall–Kier alpha value is -3.08. The molecule has 1 heterocycles. The minimum absolute atomic E-state index is 0.0865. The zero-order valence-electron chi connectivity index (χ0n) is 11.5. The van der Waals surface area contributed by atoms with Crippen molar-refractivity contribution in [3.63, 3.8) is 0 Å². The zero-order valence-corrected chi connectivity index (χ0v) is 11.5. The standard InChI is InChI=1S/C17H13NO4/c19-16(14-10-12-8-4-5-9-13(12)22-14)18-15(17(20)21)11-6-2-1-3-7-11/h1-10,15H,(H,18,19)(H,20,21)/t15-/m1/s1. The Bertz CT molecular complexity index is 790. The lowest BCUT2D eigenvalue weighted by atomic mass is 10.1. The van der Waals surface area contributed by atoms with Crippen LogP contribution in [0.2, 0.25) is 0 Å². The lowest BCUT2D eigenvalue weighted by molar-refractivity contribution is -0.139. The van der Waals surface area contributed by atoms with E-state index in [2.05, 4.69) is 5.32 Å². The quantitative estimate of drug-likeness (QED) is 0.775. The summed E-state index contributed by atoms with van der Waals surface area (Å²) in [6.07, 6.45) is 0. The number of nitrogens with one attached hydrogen (secondary N) is 1. The van der Waals surface area contributed by atoms with E-state index in [0.717, 1.165) is 5.39 Å². The Balaban J connectivity index is 1.86. The van der Waals surface area contributed by atoms with Crippen LogP contribution in [0.25, 0.3) is 11.0 Å². The second-order valence-corrected chi connectivity index (χ2v) is 4.80. The van der Waals surface area contributed by atoms with Crippen LogP contribution < -0.4 is 5.32 Å². The smallest absolute Gasteiger partial charge is 0.330 e. The molecular weight excluding hydrogens is 282 g/mol. The van der Waals surface area contributed by atoms with Crippen molar-refractivity contribution >= 4 is 22.8 Å². The van der Waals surface area contributed by atoms with Gasteiger partial charge in [0.1, 0.15) is 5.58 Å². The molecule has 1 amide bonds. The Kier molecular flexibility index (Phi) is 3.62. The van der Waals surface area contributed by atoms with Crippen LogP contribution >= 0.6 is 0 Å². The molecule has 2 aromatic carbocycles. The minimum Gasteiger partial charge on any atom is -0.479 e. The van der Waals surface area contributed by atoms with Gasteiger partial charge in [0.25, 0.3) is 5.91 Å². The van der Waals surface area contributed by atoms with Gasteiger partial charge in [0.15, 0.2) is 11.8 Å². The molecule has 3 rings (SSSR count). The first kappa shape index (κ1) is 13.9. The fourth-order valence-electron chi connectivity index (χ4n) is 2.23. The van der Waals surface area contributed by atoms with Crippen LogP contribution in [-0.2, 0) is 4.79 Å². The number of hydrogen-bond acceptors (Lipinski definition) is 3. The first-order chi connectivity index (χ1) is 10.6. The molecule has 0 unspecified atom stereocenters. The van der Waals surface area contributed by atoms with Gasteiger partial charge in [-0.15, -0.1) is 0 Å². The number of furan rings is 1. The molecule has 5 heteroatoms. The highest BCUT2D eigenvalue weighted by Gasteiger charge is 2.24. The maximum atomic E-state index is 12.2. The summed E-state index contributed by atoms with van der Waals surface area (Å²) in [5.74, 6) is -1.61. The number of carbonyl (C=O) groups excluding carboxylic acids is 1. The topological polar surface area (TPSA) is 79.5 Å². The molecule has 0 aliphatic heterocycles. The summed E-state index contributed by atoms with van der Waals surface area (Å²) in [5, 5.41) is 12.6. The van der Waals surface area contributed by atoms with Crippen molar-refractivity contribution < 1.29 is 19.1 Å². The predicted molar refractivity (Wildman–Crippen MR) is 80.5 cm³/mol. The third kappa shape index (κ3) is 2.69. The number of amides is 1. The molecule has 22 heavy (non-hydrogen) atoms. The summed E-state index contributed by atoms with van der Waals surface area (Å²) >= 11 is 0. The molecule has 0 radical (unpaired) electrons. The average molecular weight is 295 g/mol. The Morgan fingerprint density at radius 2 is 1.68 bits per heavy atom. The Labute approximate surface area is 126 Å². The van der Waals surface area contributed by atoms with Gasteiger partial charge in [0.05, 0.1) is 0 Å². The van der Waals surface area contributed by atoms with Gasteiger partial charge in [-0.1, -0.05) is 48.5 Å². The number of fused-ring (bicyclic) bond motifs is 1. The van der Waals surface area contributed by atoms with Gasteiger partial charge in [0, 0.05) is 5.39 Å². The second kappa shape index (κ2) is 5.73. The van der Waals surface area contributed by atoms with Crippen LogP contribution in [-0.4, -0.2) is 17.0 Å². The van der Waals surface area contributed by atoms with Crippen molar-refractivity contribution in [2.24, 2.45) is 0 Å². The van der Waals surface area contributed by atoms with Gasteiger partial charge in [-0.25, -0.2) is 4.79 Å². The summed E-state index contributed by atoms with van der Waals surface area (Å²) in [7, 11) is 0. The van der Waals surface area contributed by atoms with Crippen molar-refractivity contribution in [3.05, 3.63) is 72.0 Å². The molecule has 0 saturated carbocycles. The van der Waals surface area contributed by atoms with Crippen LogP contribution in [0.4, 0.5) is 0 Å². The lowest BCUT2D eigenvalue weighted by Crippen LogP contribution is -2.33. The number of para-hydroxylation sites is 1. The van der Waals surface area contributed by atoms with Gasteiger partial charge in [-0.2, -0.15) is 0 Å². The number of aliphatic carboxylic acids is 1. The van der Waals surface area contributed by atoms with Crippen LogP contribution in [0.5, 0.6) is 0 Å². The zero-order chi connectivity index (χ0) is 15.5. The molecule has 0 spiro atoms. The van der Waals surface area contributed by atoms with Crippen molar-refractivity contribution in [1.29, 1.82) is 0 Å². The van der Waals surface area contributed by atoms with E-state index in [0.29, 0.717) is 11.1 Å². The largest absolute Gasteiger partial charge is 0.479 e. The Morgan fingerprint density at radius 1 is 1.00 bits per heavy atom. The highest BCUT2D eigenvalue weighted by atomic mass is 16.4. The predicted octanol–water partition coefficient (Wildman–Crippen LogP) is 2.99. The summed E-state index contributed by atoms with van der Waals surface area (Å²) in [4.78, 5) is 23.6. The van der Waals surface area contributed by atoms with E-state index in [-0.39, 0.29) is 5.76 Å². The number of carbonyl (C=O) groups is 2. The highest BCUT2D eigenvalue weighted by Crippen LogP contribution is 2.20. The molecule has 5 nitrogen and oxygen atoms in total. The van der Waals surface area contributed by atoms with Crippen LogP contribution in [0.15, 0.2) is 65.1 Å². The van der Waals surface area contributed by atoms with Crippen LogP contribution in [0.1, 0.15) is 22.2 Å². The van der Waals surface area contributed by atoms with E-state index >= 15 is 0 Å². The normalized spacial score (nSPS) is 12.0. The molecular formula is C17H13NO4. The fraction of sp³-hybridized carbons (Fsp3) is 0.0588. The molecule has 1 atom stereocenters. The van der Waals surface area contributed by atoms with Gasteiger partial charge in [-0.05, 0) is 17.7 Å². The summed E-state index contributed by atoms with van der Waals surface area (Å²) in [6, 6.07) is 16.2. The molecule has 3 aromatic rings. The molecule has 1 aromatic heterocycles. The molecule has 0 fully saturated rings. The molecule has 0 saturated heterocycles. The molecule has 0 bridgehead atoms. The van der Waals surface area contributed by atoms with E-state index in [4.69, 9.17) is 4.42 Å². The first-order valence-corrected chi connectivity index (χ1v) is 6.72. The number of rotatable bonds is 4. The summed E-state index contributed by atoms with van der Waals surface area (Å²) in [5.41, 5.74) is 1.08. The maximum absolute atomic E-state index is 12.2. The second-order valence-electron chi connectivity index (χ2n) is 4.80. The number of carboxylic acids is 1. The van der Waals surface area contributed by atoms with Crippen molar-refractivity contribution in [3.8, 4) is 0 Å². The van der Waals surface area contributed by atoms with Crippen molar-refractivity contribution in [2.75, 3.05) is 0 Å². The monoisotopic (exact) mass is 295 g/mol. The SMILES string of the molecule is O=C(N[C@@H](C(=O)O)c1ccccc1)c1cc2ccccc2o1. The Morgan fingerprint density at radius 3 is 2.36 bits per heavy atom. The van der Waals surface area contributed by atoms with Crippen molar-refractivity contribution in [2.45, 2.75) is 6.04 Å². The highest BCUT2D eigenvalue weighted by molar-refractivity contribution is 5.98. The van der Waals surface area contributed by atoms with E-state index in [1.54, 1.807) is 48.5 Å². The van der Waals surface area contributed by atoms with Gasteiger partial charge in [-0.3, -0.25) is 4.79 Å². The molecule has 0 aliphatic rings. The molecule has 2 N–H and O–H groups in total. The van der Waals surface area contributed by atoms with Gasteiger partial charge < -0.3 is 14.8 Å². The van der Waals surface area contributed by atoms with E-state index < -0.39 is 17.9 Å². The summed E-state index contributed by atoms with van der Waals surface area (Å²) in [6.45, 7) is 0.